The Kier molecular flexibility index (Phi) is 2.87. The molecule has 1 aromatic carbocycles. The van der Waals surface area contributed by atoms with Gasteiger partial charge in [-0.2, -0.15) is 5.10 Å². The quantitative estimate of drug-likeness (QED) is 0.710. The Labute approximate surface area is 92.5 Å². The lowest BCUT2D eigenvalue weighted by Crippen LogP contribution is -2.35. The summed E-state index contributed by atoms with van der Waals surface area (Å²) < 4.78 is 0. The van der Waals surface area contributed by atoms with Crippen molar-refractivity contribution in [3.8, 4) is 0 Å². The lowest BCUT2D eigenvalue weighted by Gasteiger charge is -2.10. The molecule has 0 bridgehead atoms. The van der Waals surface area contributed by atoms with E-state index in [1.807, 2.05) is 18.2 Å². The minimum absolute atomic E-state index is 0.465. The minimum Gasteiger partial charge on any atom is -0.480 e. The second-order valence-corrected chi connectivity index (χ2v) is 3.68. The standard InChI is InChI=1S/C11H13N3O2/c1-12-10(11(15)16)5-7-2-3-9-8(4-7)6-13-14-9/h2-4,6,10,12H,5H2,1H3,(H,13,14)(H,15,16). The number of H-pyrrole nitrogens is 1. The molecule has 0 spiro atoms. The van der Waals surface area contributed by atoms with Gasteiger partial charge in [-0.25, -0.2) is 0 Å². The predicted octanol–water partition coefficient (Wildman–Crippen LogP) is 0.778. The maximum atomic E-state index is 10.9. The maximum absolute atomic E-state index is 10.9. The maximum Gasteiger partial charge on any atom is 0.321 e. The Bertz CT molecular complexity index is 507. The monoisotopic (exact) mass is 219 g/mol. The number of likely N-dealkylation sites (N-methyl/N-ethyl adjacent to an activating group) is 1. The van der Waals surface area contributed by atoms with Crippen molar-refractivity contribution in [2.24, 2.45) is 0 Å². The van der Waals surface area contributed by atoms with Gasteiger partial charge in [0.15, 0.2) is 0 Å². The Balaban J connectivity index is 2.23. The molecule has 0 amide bonds. The van der Waals surface area contributed by atoms with Gasteiger partial charge in [0.05, 0.1) is 11.7 Å². The molecule has 2 aromatic rings. The van der Waals surface area contributed by atoms with Crippen molar-refractivity contribution in [3.05, 3.63) is 30.0 Å². The fourth-order valence-electron chi connectivity index (χ4n) is 1.67. The van der Waals surface area contributed by atoms with Gasteiger partial charge >= 0.3 is 5.97 Å². The zero-order chi connectivity index (χ0) is 11.5. The fourth-order valence-corrected chi connectivity index (χ4v) is 1.67. The van der Waals surface area contributed by atoms with E-state index in [2.05, 4.69) is 15.5 Å². The van der Waals surface area contributed by atoms with Crippen LogP contribution in [0, 0.1) is 0 Å². The van der Waals surface area contributed by atoms with Crippen molar-refractivity contribution in [1.29, 1.82) is 0 Å². The second kappa shape index (κ2) is 4.32. The van der Waals surface area contributed by atoms with Crippen molar-refractivity contribution in [2.75, 3.05) is 7.05 Å². The summed E-state index contributed by atoms with van der Waals surface area (Å²) in [7, 11) is 1.65. The molecule has 1 unspecified atom stereocenters. The summed E-state index contributed by atoms with van der Waals surface area (Å²) in [5, 5.41) is 19.5. The lowest BCUT2D eigenvalue weighted by atomic mass is 10.0. The highest BCUT2D eigenvalue weighted by Crippen LogP contribution is 2.14. The Morgan fingerprint density at radius 1 is 1.62 bits per heavy atom. The average molecular weight is 219 g/mol. The van der Waals surface area contributed by atoms with Crippen LogP contribution in [0.4, 0.5) is 0 Å². The number of hydrogen-bond donors (Lipinski definition) is 3. The van der Waals surface area contributed by atoms with Gasteiger partial charge in [-0.1, -0.05) is 6.07 Å². The molecule has 0 aliphatic rings. The summed E-state index contributed by atoms with van der Waals surface area (Å²) in [6.07, 6.45) is 2.20. The van der Waals surface area contributed by atoms with E-state index in [1.165, 1.54) is 0 Å². The van der Waals surface area contributed by atoms with Crippen molar-refractivity contribution >= 4 is 16.9 Å². The molecule has 0 saturated heterocycles. The molecule has 0 aliphatic carbocycles. The van der Waals surface area contributed by atoms with Crippen molar-refractivity contribution < 1.29 is 9.90 Å². The van der Waals surface area contributed by atoms with Crippen molar-refractivity contribution in [3.63, 3.8) is 0 Å². The van der Waals surface area contributed by atoms with Gasteiger partial charge in [-0.3, -0.25) is 9.89 Å². The fraction of sp³-hybridized carbons (Fsp3) is 0.273. The first-order chi connectivity index (χ1) is 7.70. The highest BCUT2D eigenvalue weighted by Gasteiger charge is 2.15. The van der Waals surface area contributed by atoms with Gasteiger partial charge < -0.3 is 10.4 Å². The number of aromatic nitrogens is 2. The van der Waals surface area contributed by atoms with E-state index in [4.69, 9.17) is 5.11 Å². The van der Waals surface area contributed by atoms with Gasteiger partial charge in [0.1, 0.15) is 6.04 Å². The molecule has 84 valence electrons. The zero-order valence-corrected chi connectivity index (χ0v) is 8.90. The summed E-state index contributed by atoms with van der Waals surface area (Å²) in [5.41, 5.74) is 1.94. The predicted molar refractivity (Wildman–Crippen MR) is 60.3 cm³/mol. The van der Waals surface area contributed by atoms with E-state index in [1.54, 1.807) is 13.2 Å². The van der Waals surface area contributed by atoms with Crippen LogP contribution in [-0.4, -0.2) is 34.4 Å². The minimum atomic E-state index is -0.838. The van der Waals surface area contributed by atoms with Crippen LogP contribution < -0.4 is 5.32 Å². The van der Waals surface area contributed by atoms with Gasteiger partial charge in [0.25, 0.3) is 0 Å². The highest BCUT2D eigenvalue weighted by molar-refractivity contribution is 5.79. The normalized spacial score (nSPS) is 12.8. The number of benzene rings is 1. The molecular weight excluding hydrogens is 206 g/mol. The van der Waals surface area contributed by atoms with Crippen molar-refractivity contribution in [1.82, 2.24) is 15.5 Å². The highest BCUT2D eigenvalue weighted by atomic mass is 16.4. The number of rotatable bonds is 4. The summed E-state index contributed by atoms with van der Waals surface area (Å²) >= 11 is 0. The molecular formula is C11H13N3O2. The van der Waals surface area contributed by atoms with Gasteiger partial charge in [0, 0.05) is 5.39 Å². The van der Waals surface area contributed by atoms with Crippen LogP contribution in [0.25, 0.3) is 10.9 Å². The molecule has 1 heterocycles. The first kappa shape index (κ1) is 10.6. The van der Waals surface area contributed by atoms with E-state index in [-0.39, 0.29) is 0 Å². The molecule has 16 heavy (non-hydrogen) atoms. The number of carboxylic acid groups (broad SMARTS) is 1. The largest absolute Gasteiger partial charge is 0.480 e. The van der Waals surface area contributed by atoms with Crippen LogP contribution in [0.15, 0.2) is 24.4 Å². The molecule has 5 heteroatoms. The van der Waals surface area contributed by atoms with Crippen LogP contribution >= 0.6 is 0 Å². The number of carbonyl (C=O) groups is 1. The lowest BCUT2D eigenvalue weighted by molar-refractivity contribution is -0.139. The van der Waals surface area contributed by atoms with Crippen molar-refractivity contribution in [2.45, 2.75) is 12.5 Å². The molecule has 5 nitrogen and oxygen atoms in total. The first-order valence-electron chi connectivity index (χ1n) is 5.03. The smallest absolute Gasteiger partial charge is 0.321 e. The van der Waals surface area contributed by atoms with Crippen LogP contribution in [0.2, 0.25) is 0 Å². The molecule has 1 atom stereocenters. The third-order valence-corrected chi connectivity index (χ3v) is 2.59. The van der Waals surface area contributed by atoms with E-state index < -0.39 is 12.0 Å². The summed E-state index contributed by atoms with van der Waals surface area (Å²) in [6, 6.07) is 5.22. The average Bonchev–Trinajstić information content (AvgIpc) is 2.72. The van der Waals surface area contributed by atoms with E-state index in [9.17, 15) is 4.79 Å². The second-order valence-electron chi connectivity index (χ2n) is 3.68. The molecule has 1 aromatic heterocycles. The van der Waals surface area contributed by atoms with E-state index in [0.717, 1.165) is 16.5 Å². The number of fused-ring (bicyclic) bond motifs is 1. The summed E-state index contributed by atoms with van der Waals surface area (Å²) in [5.74, 6) is -0.838. The number of aliphatic carboxylic acids is 1. The van der Waals surface area contributed by atoms with Gasteiger partial charge in [-0.15, -0.1) is 0 Å². The topological polar surface area (TPSA) is 78.0 Å². The first-order valence-corrected chi connectivity index (χ1v) is 5.03. The Morgan fingerprint density at radius 3 is 3.12 bits per heavy atom. The Hall–Kier alpha value is -1.88. The Morgan fingerprint density at radius 2 is 2.44 bits per heavy atom. The molecule has 2 rings (SSSR count). The molecule has 0 radical (unpaired) electrons. The van der Waals surface area contributed by atoms with Crippen LogP contribution in [0.1, 0.15) is 5.56 Å². The number of nitrogens with zero attached hydrogens (tertiary/aromatic N) is 1. The van der Waals surface area contributed by atoms with Crippen LogP contribution in [0.5, 0.6) is 0 Å². The molecule has 0 fully saturated rings. The third kappa shape index (κ3) is 2.04. The van der Waals surface area contributed by atoms with E-state index >= 15 is 0 Å². The number of nitrogens with one attached hydrogen (secondary N) is 2. The number of carboxylic acids is 1. The van der Waals surface area contributed by atoms with Gasteiger partial charge in [-0.05, 0) is 31.2 Å². The van der Waals surface area contributed by atoms with E-state index in [0.29, 0.717) is 6.42 Å². The molecule has 3 N–H and O–H groups in total. The number of aromatic amines is 1. The summed E-state index contributed by atoms with van der Waals surface area (Å²) in [4.78, 5) is 10.9. The third-order valence-electron chi connectivity index (χ3n) is 2.59. The number of hydrogen-bond acceptors (Lipinski definition) is 3. The SMILES string of the molecule is CNC(Cc1ccc2[nH]ncc2c1)C(=O)O. The zero-order valence-electron chi connectivity index (χ0n) is 8.90. The molecule has 0 aliphatic heterocycles. The van der Waals surface area contributed by atoms with Crippen LogP contribution in [-0.2, 0) is 11.2 Å². The van der Waals surface area contributed by atoms with Gasteiger partial charge in [0.2, 0.25) is 0 Å². The summed E-state index contributed by atoms with van der Waals surface area (Å²) in [6.45, 7) is 0. The molecule has 0 saturated carbocycles. The van der Waals surface area contributed by atoms with Crippen LogP contribution in [0.3, 0.4) is 0 Å².